The molecule has 0 radical (unpaired) electrons. The molecule has 3 aromatic carbocycles. The van der Waals surface area contributed by atoms with E-state index in [2.05, 4.69) is 34.3 Å². The highest BCUT2D eigenvalue weighted by atomic mass is 35.5. The molecular formula is C29H26ClFN4O. The Balaban J connectivity index is 1.33. The maximum atomic E-state index is 13.6. The summed E-state index contributed by atoms with van der Waals surface area (Å²) < 4.78 is 15.1. The smallest absolute Gasteiger partial charge is 0.272 e. The van der Waals surface area contributed by atoms with Crippen LogP contribution < -0.4 is 0 Å². The van der Waals surface area contributed by atoms with Gasteiger partial charge in [-0.1, -0.05) is 72.3 Å². The minimum absolute atomic E-state index is 0.107. The molecule has 7 heteroatoms. The van der Waals surface area contributed by atoms with Crippen LogP contribution in [0.1, 0.15) is 16.1 Å². The number of amides is 1. The zero-order valence-electron chi connectivity index (χ0n) is 19.7. The second-order valence-electron chi connectivity index (χ2n) is 8.69. The number of hydrogen-bond acceptors (Lipinski definition) is 3. The molecule has 5 rings (SSSR count). The minimum Gasteiger partial charge on any atom is -0.335 e. The van der Waals surface area contributed by atoms with Crippen molar-refractivity contribution in [2.75, 3.05) is 32.7 Å². The van der Waals surface area contributed by atoms with Gasteiger partial charge in [0.05, 0.1) is 16.4 Å². The van der Waals surface area contributed by atoms with E-state index in [4.69, 9.17) is 11.6 Å². The van der Waals surface area contributed by atoms with Crippen molar-refractivity contribution in [2.24, 2.45) is 0 Å². The third-order valence-corrected chi connectivity index (χ3v) is 6.61. The van der Waals surface area contributed by atoms with Crippen LogP contribution in [-0.2, 0) is 0 Å². The van der Waals surface area contributed by atoms with Crippen molar-refractivity contribution in [1.29, 1.82) is 0 Å². The Bertz CT molecular complexity index is 1360. The second kappa shape index (κ2) is 10.9. The zero-order chi connectivity index (χ0) is 24.9. The van der Waals surface area contributed by atoms with Crippen LogP contribution in [0.25, 0.3) is 23.0 Å². The first-order valence-electron chi connectivity index (χ1n) is 11.9. The minimum atomic E-state index is -0.345. The molecule has 0 unspecified atom stereocenters. The highest BCUT2D eigenvalue weighted by Gasteiger charge is 2.26. The van der Waals surface area contributed by atoms with Gasteiger partial charge in [0.25, 0.3) is 5.91 Å². The van der Waals surface area contributed by atoms with Crippen LogP contribution in [-0.4, -0.2) is 58.2 Å². The van der Waals surface area contributed by atoms with Crippen molar-refractivity contribution < 1.29 is 9.18 Å². The molecule has 4 aromatic rings. The first-order valence-corrected chi connectivity index (χ1v) is 12.3. The zero-order valence-corrected chi connectivity index (χ0v) is 20.5. The molecule has 1 aliphatic heterocycles. The van der Waals surface area contributed by atoms with Crippen molar-refractivity contribution in [1.82, 2.24) is 19.6 Å². The van der Waals surface area contributed by atoms with Gasteiger partial charge in [0.1, 0.15) is 11.5 Å². The number of halogens is 2. The molecule has 1 amide bonds. The van der Waals surface area contributed by atoms with Crippen molar-refractivity contribution in [3.8, 4) is 16.9 Å². The van der Waals surface area contributed by atoms with E-state index in [-0.39, 0.29) is 11.7 Å². The van der Waals surface area contributed by atoms with Crippen molar-refractivity contribution >= 4 is 23.6 Å². The lowest BCUT2D eigenvalue weighted by Crippen LogP contribution is -2.49. The standard InChI is InChI=1S/C29H26ClFN4O/c30-26-11-5-4-10-25(26)27-21-28(35(32-27)24-14-12-23(31)13-15-24)29(36)34-19-17-33(18-20-34)16-6-9-22-7-2-1-3-8-22/h1-15,21H,16-20H2. The molecule has 2 heterocycles. The molecule has 0 N–H and O–H groups in total. The van der Waals surface area contributed by atoms with Gasteiger partial charge in [-0.05, 0) is 42.0 Å². The number of carbonyl (C=O) groups excluding carboxylic acids is 1. The van der Waals surface area contributed by atoms with Gasteiger partial charge in [-0.15, -0.1) is 0 Å². The molecule has 1 saturated heterocycles. The summed E-state index contributed by atoms with van der Waals surface area (Å²) in [4.78, 5) is 17.8. The number of carbonyl (C=O) groups is 1. The van der Waals surface area contributed by atoms with Crippen molar-refractivity contribution in [3.05, 3.63) is 113 Å². The fraction of sp³-hybridized carbons (Fsp3) is 0.172. The average molecular weight is 501 g/mol. The van der Waals surface area contributed by atoms with E-state index in [9.17, 15) is 9.18 Å². The molecule has 1 aromatic heterocycles. The van der Waals surface area contributed by atoms with Gasteiger partial charge >= 0.3 is 0 Å². The molecule has 1 fully saturated rings. The van der Waals surface area contributed by atoms with E-state index in [1.165, 1.54) is 17.7 Å². The van der Waals surface area contributed by atoms with E-state index in [0.29, 0.717) is 35.2 Å². The first-order chi connectivity index (χ1) is 17.6. The highest BCUT2D eigenvalue weighted by molar-refractivity contribution is 6.33. The second-order valence-corrected chi connectivity index (χ2v) is 9.10. The Hall–Kier alpha value is -3.74. The molecule has 0 spiro atoms. The Morgan fingerprint density at radius 2 is 1.61 bits per heavy atom. The van der Waals surface area contributed by atoms with Crippen LogP contribution in [0.4, 0.5) is 4.39 Å². The number of hydrogen-bond donors (Lipinski definition) is 0. The normalized spacial score (nSPS) is 14.4. The van der Waals surface area contributed by atoms with E-state index < -0.39 is 0 Å². The lowest BCUT2D eigenvalue weighted by Gasteiger charge is -2.34. The molecule has 1 aliphatic rings. The molecule has 0 bridgehead atoms. The Morgan fingerprint density at radius 1 is 0.917 bits per heavy atom. The molecule has 36 heavy (non-hydrogen) atoms. The van der Waals surface area contributed by atoms with Crippen LogP contribution in [0.5, 0.6) is 0 Å². The number of benzene rings is 3. The summed E-state index contributed by atoms with van der Waals surface area (Å²) in [6, 6.07) is 25.3. The first kappa shape index (κ1) is 24.0. The van der Waals surface area contributed by atoms with Crippen LogP contribution >= 0.6 is 11.6 Å². The fourth-order valence-corrected chi connectivity index (χ4v) is 4.54. The summed E-state index contributed by atoms with van der Waals surface area (Å²) in [7, 11) is 0. The van der Waals surface area contributed by atoms with E-state index >= 15 is 0 Å². The van der Waals surface area contributed by atoms with E-state index in [1.807, 2.05) is 41.3 Å². The topological polar surface area (TPSA) is 41.4 Å². The summed E-state index contributed by atoms with van der Waals surface area (Å²) >= 11 is 6.41. The van der Waals surface area contributed by atoms with E-state index in [1.54, 1.807) is 28.9 Å². The summed E-state index contributed by atoms with van der Waals surface area (Å²) in [5, 5.41) is 5.24. The molecule has 0 aliphatic carbocycles. The predicted molar refractivity (Wildman–Crippen MR) is 142 cm³/mol. The maximum Gasteiger partial charge on any atom is 0.272 e. The number of rotatable bonds is 6. The fourth-order valence-electron chi connectivity index (χ4n) is 4.31. The molecule has 5 nitrogen and oxygen atoms in total. The van der Waals surface area contributed by atoms with Gasteiger partial charge in [0, 0.05) is 38.3 Å². The van der Waals surface area contributed by atoms with Crippen LogP contribution in [0, 0.1) is 5.82 Å². The molecule has 0 saturated carbocycles. The summed E-state index contributed by atoms with van der Waals surface area (Å²) in [5.41, 5.74) is 3.55. The van der Waals surface area contributed by atoms with Gasteiger partial charge in [-0.2, -0.15) is 5.10 Å². The summed E-state index contributed by atoms with van der Waals surface area (Å²) in [6.07, 6.45) is 4.28. The van der Waals surface area contributed by atoms with Gasteiger partial charge in [0.15, 0.2) is 0 Å². The van der Waals surface area contributed by atoms with Crippen LogP contribution in [0.3, 0.4) is 0 Å². The van der Waals surface area contributed by atoms with Crippen LogP contribution in [0.2, 0.25) is 5.02 Å². The summed E-state index contributed by atoms with van der Waals surface area (Å²) in [6.45, 7) is 3.64. The van der Waals surface area contributed by atoms with Crippen molar-refractivity contribution in [2.45, 2.75) is 0 Å². The van der Waals surface area contributed by atoms with Crippen LogP contribution in [0.15, 0.2) is 91.0 Å². The highest BCUT2D eigenvalue weighted by Crippen LogP contribution is 2.29. The number of nitrogens with zero attached hydrogens (tertiary/aromatic N) is 4. The largest absolute Gasteiger partial charge is 0.335 e. The third kappa shape index (κ3) is 5.40. The number of aromatic nitrogens is 2. The Morgan fingerprint density at radius 3 is 2.33 bits per heavy atom. The SMILES string of the molecule is O=C(c1cc(-c2ccccc2Cl)nn1-c1ccc(F)cc1)N1CCN(CC=Cc2ccccc2)CC1. The lowest BCUT2D eigenvalue weighted by atomic mass is 10.1. The van der Waals surface area contributed by atoms with Gasteiger partial charge in [-0.25, -0.2) is 9.07 Å². The van der Waals surface area contributed by atoms with Gasteiger partial charge in [-0.3, -0.25) is 9.69 Å². The quantitative estimate of drug-likeness (QED) is 0.336. The molecule has 0 atom stereocenters. The average Bonchev–Trinajstić information content (AvgIpc) is 3.35. The predicted octanol–water partition coefficient (Wildman–Crippen LogP) is 5.80. The van der Waals surface area contributed by atoms with Crippen molar-refractivity contribution in [3.63, 3.8) is 0 Å². The number of piperazine rings is 1. The van der Waals surface area contributed by atoms with Gasteiger partial charge in [0.2, 0.25) is 0 Å². The lowest BCUT2D eigenvalue weighted by molar-refractivity contribution is 0.0641. The maximum absolute atomic E-state index is 13.6. The molecule has 182 valence electrons. The third-order valence-electron chi connectivity index (χ3n) is 6.28. The van der Waals surface area contributed by atoms with Gasteiger partial charge < -0.3 is 4.90 Å². The molecular weight excluding hydrogens is 475 g/mol. The Labute approximate surface area is 215 Å². The van der Waals surface area contributed by atoms with E-state index in [0.717, 1.165) is 25.2 Å². The monoisotopic (exact) mass is 500 g/mol. The Kier molecular flexibility index (Phi) is 7.26. The summed E-state index contributed by atoms with van der Waals surface area (Å²) in [5.74, 6) is -0.452.